The number of aliphatic hydroxyl groups is 7. The molecule has 9 atom stereocenters. The molecule has 1 aliphatic carbocycles. The van der Waals surface area contributed by atoms with Crippen molar-refractivity contribution in [1.82, 2.24) is 0 Å². The molecule has 8 N–H and O–H groups in total. The summed E-state index contributed by atoms with van der Waals surface area (Å²) in [6, 6.07) is 4.32. The normalized spacial score (nSPS) is 36.2. The molecule has 1 aromatic rings. The number of aliphatic carboxylic acids is 1. The van der Waals surface area contributed by atoms with E-state index in [1.54, 1.807) is 0 Å². The number of rotatable bonds is 8. The second-order valence-corrected chi connectivity index (χ2v) is 8.84. The van der Waals surface area contributed by atoms with Gasteiger partial charge in [-0.15, -0.1) is 0 Å². The molecule has 1 saturated heterocycles. The van der Waals surface area contributed by atoms with Crippen molar-refractivity contribution >= 4 is 18.0 Å². The van der Waals surface area contributed by atoms with Crippen molar-refractivity contribution in [2.45, 2.75) is 67.5 Å². The predicted molar refractivity (Wildman–Crippen MR) is 120 cm³/mol. The van der Waals surface area contributed by atoms with E-state index in [9.17, 15) is 45.3 Å². The van der Waals surface area contributed by atoms with Crippen molar-refractivity contribution in [1.29, 1.82) is 0 Å². The Bertz CT molecular complexity index is 996. The van der Waals surface area contributed by atoms with E-state index in [2.05, 4.69) is 0 Å². The summed E-state index contributed by atoms with van der Waals surface area (Å²) in [5.74, 6) is -2.40. The maximum atomic E-state index is 12.3. The van der Waals surface area contributed by atoms with Crippen molar-refractivity contribution in [3.05, 3.63) is 29.8 Å². The Hall–Kier alpha value is -2.82. The van der Waals surface area contributed by atoms with Crippen molar-refractivity contribution < 1.29 is 69.4 Å². The van der Waals surface area contributed by atoms with Gasteiger partial charge < -0.3 is 59.8 Å². The molecule has 206 valence electrons. The number of carboxylic acids is 1. The van der Waals surface area contributed by atoms with Crippen LogP contribution in [0.25, 0.3) is 6.08 Å². The molecule has 0 radical (unpaired) electrons. The van der Waals surface area contributed by atoms with Gasteiger partial charge in [-0.3, -0.25) is 0 Å². The minimum atomic E-state index is -2.36. The molecule has 1 heterocycles. The summed E-state index contributed by atoms with van der Waals surface area (Å²) >= 11 is 0. The molecule has 2 aliphatic rings. The molecular weight excluding hydrogens is 500 g/mol. The Morgan fingerprint density at radius 3 is 2.38 bits per heavy atom. The van der Waals surface area contributed by atoms with E-state index >= 15 is 0 Å². The van der Waals surface area contributed by atoms with Crippen LogP contribution in [0.1, 0.15) is 18.4 Å². The number of esters is 1. The Morgan fingerprint density at radius 1 is 1.05 bits per heavy atom. The Kier molecular flexibility index (Phi) is 9.09. The monoisotopic (exact) mass is 530 g/mol. The zero-order chi connectivity index (χ0) is 27.5. The standard InChI is InChI=1S/C23H30O14/c1-34-13-6-10(2-4-12(13)36-21-20(30)19(29)18(28)15(9-24)37-21)3-5-16(26)35-14-8-23(33,22(31)32)7-11(25)17(14)27/h2-6,11,14-15,17-21,24-25,27-30,33H,7-9H2,1H3,(H,31,32)/b5-3+/t11-,14-,15+,17-,18+,19-,20+,21+,23+/m1/s1. The smallest absolute Gasteiger partial charge is 0.335 e. The van der Waals surface area contributed by atoms with E-state index in [4.69, 9.17) is 24.1 Å². The van der Waals surface area contributed by atoms with E-state index in [-0.39, 0.29) is 11.5 Å². The summed E-state index contributed by atoms with van der Waals surface area (Å²) in [6.45, 7) is -0.631. The minimum absolute atomic E-state index is 0.0684. The van der Waals surface area contributed by atoms with Gasteiger partial charge in [0.05, 0.1) is 19.8 Å². The highest BCUT2D eigenvalue weighted by Crippen LogP contribution is 2.33. The fraction of sp³-hybridized carbons (Fsp3) is 0.565. The SMILES string of the molecule is COc1cc(/C=C/C(=O)O[C@@H]2C[C@](O)(C(=O)O)C[C@@H](O)[C@H]2O)ccc1O[C@H]1O[C@@H](CO)[C@H](O)[C@@H](O)[C@@H]1O. The van der Waals surface area contributed by atoms with E-state index in [0.717, 1.165) is 6.08 Å². The van der Waals surface area contributed by atoms with Gasteiger partial charge in [0.25, 0.3) is 0 Å². The van der Waals surface area contributed by atoms with Crippen LogP contribution in [0.2, 0.25) is 0 Å². The number of carbonyl (C=O) groups excluding carboxylic acids is 1. The van der Waals surface area contributed by atoms with Gasteiger partial charge in [-0.1, -0.05) is 6.07 Å². The van der Waals surface area contributed by atoms with Gasteiger partial charge in [0.15, 0.2) is 17.1 Å². The molecule has 0 bridgehead atoms. The maximum Gasteiger partial charge on any atom is 0.335 e. The van der Waals surface area contributed by atoms with Crippen molar-refractivity contribution in [3.63, 3.8) is 0 Å². The number of methoxy groups -OCH3 is 1. The van der Waals surface area contributed by atoms with E-state index < -0.39 is 86.0 Å². The van der Waals surface area contributed by atoms with Crippen LogP contribution in [0.4, 0.5) is 0 Å². The lowest BCUT2D eigenvalue weighted by Crippen LogP contribution is -2.60. The molecule has 37 heavy (non-hydrogen) atoms. The zero-order valence-corrected chi connectivity index (χ0v) is 19.7. The average Bonchev–Trinajstić information content (AvgIpc) is 2.86. The molecule has 0 aromatic heterocycles. The lowest BCUT2D eigenvalue weighted by molar-refractivity contribution is -0.277. The Balaban J connectivity index is 1.68. The molecule has 0 unspecified atom stereocenters. The first-order valence-corrected chi connectivity index (χ1v) is 11.3. The van der Waals surface area contributed by atoms with Gasteiger partial charge in [-0.05, 0) is 23.8 Å². The topological polar surface area (TPSA) is 233 Å². The zero-order valence-electron chi connectivity index (χ0n) is 19.7. The van der Waals surface area contributed by atoms with Crippen molar-refractivity contribution in [2.24, 2.45) is 0 Å². The fourth-order valence-electron chi connectivity index (χ4n) is 4.07. The first-order valence-electron chi connectivity index (χ1n) is 11.3. The molecule has 1 saturated carbocycles. The average molecular weight is 530 g/mol. The predicted octanol–water partition coefficient (Wildman–Crippen LogP) is -2.87. The highest BCUT2D eigenvalue weighted by atomic mass is 16.7. The summed E-state index contributed by atoms with van der Waals surface area (Å²) in [4.78, 5) is 23.5. The number of aliphatic hydroxyl groups excluding tert-OH is 6. The summed E-state index contributed by atoms with van der Waals surface area (Å²) in [5.41, 5.74) is -1.96. The van der Waals surface area contributed by atoms with Gasteiger partial charge >= 0.3 is 11.9 Å². The van der Waals surface area contributed by atoms with Crippen molar-refractivity contribution in [3.8, 4) is 11.5 Å². The summed E-state index contributed by atoms with van der Waals surface area (Å²) in [7, 11) is 1.32. The number of hydrogen-bond acceptors (Lipinski definition) is 13. The first kappa shape index (κ1) is 28.7. The molecule has 0 amide bonds. The number of hydrogen-bond donors (Lipinski definition) is 8. The van der Waals surface area contributed by atoms with Crippen LogP contribution in [0.5, 0.6) is 11.5 Å². The Morgan fingerprint density at radius 2 is 1.76 bits per heavy atom. The highest BCUT2D eigenvalue weighted by Gasteiger charge is 2.50. The third-order valence-corrected chi connectivity index (χ3v) is 6.22. The van der Waals surface area contributed by atoms with Crippen LogP contribution in [-0.4, -0.2) is 121 Å². The maximum absolute atomic E-state index is 12.3. The second kappa shape index (κ2) is 11.7. The fourth-order valence-corrected chi connectivity index (χ4v) is 4.07. The lowest BCUT2D eigenvalue weighted by atomic mass is 9.79. The van der Waals surface area contributed by atoms with Crippen LogP contribution < -0.4 is 9.47 Å². The summed E-state index contributed by atoms with van der Waals surface area (Å²) < 4.78 is 21.2. The number of ether oxygens (including phenoxy) is 4. The van der Waals surface area contributed by atoms with E-state index in [1.165, 1.54) is 31.4 Å². The third kappa shape index (κ3) is 6.37. The third-order valence-electron chi connectivity index (χ3n) is 6.22. The van der Waals surface area contributed by atoms with Crippen LogP contribution >= 0.6 is 0 Å². The largest absolute Gasteiger partial charge is 0.493 e. The molecule has 1 aromatic carbocycles. The molecule has 0 spiro atoms. The van der Waals surface area contributed by atoms with Crippen LogP contribution in [-0.2, 0) is 19.1 Å². The number of benzene rings is 1. The summed E-state index contributed by atoms with van der Waals surface area (Å²) in [6.07, 6.45) is -11.1. The number of carboxylic acid groups (broad SMARTS) is 1. The van der Waals surface area contributed by atoms with E-state index in [0.29, 0.717) is 5.56 Å². The van der Waals surface area contributed by atoms with Crippen LogP contribution in [0.15, 0.2) is 24.3 Å². The second-order valence-electron chi connectivity index (χ2n) is 8.84. The van der Waals surface area contributed by atoms with Crippen LogP contribution in [0, 0.1) is 0 Å². The Labute approximate surface area is 210 Å². The minimum Gasteiger partial charge on any atom is -0.493 e. The van der Waals surface area contributed by atoms with Crippen LogP contribution in [0.3, 0.4) is 0 Å². The summed E-state index contributed by atoms with van der Waals surface area (Å²) in [5, 5.41) is 78.5. The molecule has 1 aliphatic heterocycles. The van der Waals surface area contributed by atoms with Gasteiger partial charge in [-0.2, -0.15) is 0 Å². The first-order chi connectivity index (χ1) is 17.4. The molecular formula is C23H30O14. The molecule has 14 nitrogen and oxygen atoms in total. The number of carbonyl (C=O) groups is 2. The lowest BCUT2D eigenvalue weighted by Gasteiger charge is -2.39. The van der Waals surface area contributed by atoms with Gasteiger partial charge in [0.2, 0.25) is 6.29 Å². The van der Waals surface area contributed by atoms with E-state index in [1.807, 2.05) is 0 Å². The highest BCUT2D eigenvalue weighted by molar-refractivity contribution is 5.87. The van der Waals surface area contributed by atoms with Gasteiger partial charge in [0.1, 0.15) is 36.6 Å². The quantitative estimate of drug-likeness (QED) is 0.125. The van der Waals surface area contributed by atoms with Gasteiger partial charge in [-0.25, -0.2) is 9.59 Å². The molecule has 2 fully saturated rings. The van der Waals surface area contributed by atoms with Crippen molar-refractivity contribution in [2.75, 3.05) is 13.7 Å². The molecule has 14 heteroatoms. The van der Waals surface area contributed by atoms with Gasteiger partial charge in [0, 0.05) is 18.9 Å². The molecule has 3 rings (SSSR count).